The summed E-state index contributed by atoms with van der Waals surface area (Å²) in [5.74, 6) is -0.175. The molecule has 3 rings (SSSR count). The van der Waals surface area contributed by atoms with Crippen LogP contribution >= 0.6 is 11.6 Å². The molecule has 1 heterocycles. The minimum atomic E-state index is -3.11. The van der Waals surface area contributed by atoms with E-state index in [-0.39, 0.29) is 5.91 Å². The fourth-order valence-electron chi connectivity index (χ4n) is 2.98. The molecule has 0 saturated carbocycles. The van der Waals surface area contributed by atoms with Gasteiger partial charge in [0.25, 0.3) is 5.91 Å². The van der Waals surface area contributed by atoms with Gasteiger partial charge in [-0.2, -0.15) is 4.31 Å². The number of nitrogens with zero attached hydrogens (tertiary/aromatic N) is 2. The molecule has 0 radical (unpaired) electrons. The number of hydrogen-bond donors (Lipinski definition) is 1. The fraction of sp³-hybridized carbons (Fsp3) is 0.316. The van der Waals surface area contributed by atoms with E-state index in [4.69, 9.17) is 11.6 Å². The van der Waals surface area contributed by atoms with Gasteiger partial charge in [-0.1, -0.05) is 23.7 Å². The van der Waals surface area contributed by atoms with Crippen molar-refractivity contribution in [1.29, 1.82) is 0 Å². The lowest BCUT2D eigenvalue weighted by Gasteiger charge is -2.33. The Bertz CT molecular complexity index is 891. The molecule has 2 aromatic rings. The number of sulfonamides is 1. The quantitative estimate of drug-likeness (QED) is 0.827. The smallest absolute Gasteiger partial charge is 0.255 e. The second-order valence-corrected chi connectivity index (χ2v) is 9.02. The van der Waals surface area contributed by atoms with Crippen LogP contribution in [0.15, 0.2) is 48.5 Å². The van der Waals surface area contributed by atoms with Crippen LogP contribution in [-0.4, -0.2) is 56.0 Å². The van der Waals surface area contributed by atoms with Crippen LogP contribution < -0.4 is 5.32 Å². The van der Waals surface area contributed by atoms with E-state index in [2.05, 4.69) is 10.2 Å². The highest BCUT2D eigenvalue weighted by Crippen LogP contribution is 2.16. The van der Waals surface area contributed by atoms with E-state index in [0.29, 0.717) is 42.5 Å². The maximum Gasteiger partial charge on any atom is 0.255 e. The Kier molecular flexibility index (Phi) is 6.16. The highest BCUT2D eigenvalue weighted by molar-refractivity contribution is 7.88. The van der Waals surface area contributed by atoms with Crippen molar-refractivity contribution in [3.05, 3.63) is 64.7 Å². The molecule has 8 heteroatoms. The molecule has 0 aliphatic carbocycles. The SMILES string of the molecule is CS(=O)(=O)N1CCN(Cc2ccc(C(=O)Nc3ccc(Cl)cc3)cc2)CC1. The third kappa shape index (κ3) is 5.52. The monoisotopic (exact) mass is 407 g/mol. The summed E-state index contributed by atoms with van der Waals surface area (Å²) in [6.07, 6.45) is 1.25. The van der Waals surface area contributed by atoms with Gasteiger partial charge in [-0.05, 0) is 42.0 Å². The molecular weight excluding hydrogens is 386 g/mol. The Morgan fingerprint density at radius 2 is 1.59 bits per heavy atom. The van der Waals surface area contributed by atoms with Gasteiger partial charge < -0.3 is 5.32 Å². The maximum atomic E-state index is 12.3. The number of anilines is 1. The molecule has 0 bridgehead atoms. The number of carbonyl (C=O) groups is 1. The maximum absolute atomic E-state index is 12.3. The molecule has 1 fully saturated rings. The zero-order chi connectivity index (χ0) is 19.4. The molecule has 0 atom stereocenters. The molecule has 1 aliphatic heterocycles. The first-order chi connectivity index (χ1) is 12.8. The van der Waals surface area contributed by atoms with Crippen LogP contribution in [0, 0.1) is 0 Å². The third-order valence-electron chi connectivity index (χ3n) is 4.52. The average Bonchev–Trinajstić information content (AvgIpc) is 2.64. The largest absolute Gasteiger partial charge is 0.322 e. The summed E-state index contributed by atoms with van der Waals surface area (Å²) in [6, 6.07) is 14.4. The summed E-state index contributed by atoms with van der Waals surface area (Å²) >= 11 is 5.84. The van der Waals surface area contributed by atoms with Crippen LogP contribution in [0.3, 0.4) is 0 Å². The number of nitrogens with one attached hydrogen (secondary N) is 1. The molecular formula is C19H22ClN3O3S. The molecule has 0 spiro atoms. The van der Waals surface area contributed by atoms with E-state index in [0.717, 1.165) is 12.1 Å². The summed E-state index contributed by atoms with van der Waals surface area (Å²) in [5, 5.41) is 3.45. The van der Waals surface area contributed by atoms with Gasteiger partial charge in [0, 0.05) is 49.0 Å². The van der Waals surface area contributed by atoms with Crippen molar-refractivity contribution in [2.75, 3.05) is 37.8 Å². The lowest BCUT2D eigenvalue weighted by atomic mass is 10.1. The number of amides is 1. The van der Waals surface area contributed by atoms with Crippen molar-refractivity contribution >= 4 is 33.2 Å². The van der Waals surface area contributed by atoms with Gasteiger partial charge in [-0.15, -0.1) is 0 Å². The van der Waals surface area contributed by atoms with Crippen LogP contribution in [0.4, 0.5) is 5.69 Å². The van der Waals surface area contributed by atoms with Crippen molar-refractivity contribution in [3.8, 4) is 0 Å². The topological polar surface area (TPSA) is 69.7 Å². The predicted molar refractivity (Wildman–Crippen MR) is 108 cm³/mol. The number of carbonyl (C=O) groups excluding carboxylic acids is 1. The van der Waals surface area contributed by atoms with E-state index < -0.39 is 10.0 Å². The van der Waals surface area contributed by atoms with Gasteiger partial charge in [-0.25, -0.2) is 8.42 Å². The molecule has 144 valence electrons. The standard InChI is InChI=1S/C19H22ClN3O3S/c1-27(25,26)23-12-10-22(11-13-23)14-15-2-4-16(5-3-15)19(24)21-18-8-6-17(20)7-9-18/h2-9H,10-14H2,1H3,(H,21,24). The van der Waals surface area contributed by atoms with E-state index in [1.54, 1.807) is 36.4 Å². The second kappa shape index (κ2) is 8.39. The van der Waals surface area contributed by atoms with Crippen molar-refractivity contribution in [2.24, 2.45) is 0 Å². The van der Waals surface area contributed by atoms with E-state index in [1.807, 2.05) is 12.1 Å². The first-order valence-electron chi connectivity index (χ1n) is 8.64. The zero-order valence-corrected chi connectivity index (χ0v) is 16.6. The summed E-state index contributed by atoms with van der Waals surface area (Å²) in [6.45, 7) is 3.16. The molecule has 1 saturated heterocycles. The van der Waals surface area contributed by atoms with E-state index >= 15 is 0 Å². The lowest BCUT2D eigenvalue weighted by molar-refractivity contribution is 0.102. The summed E-state index contributed by atoms with van der Waals surface area (Å²) in [7, 11) is -3.11. The van der Waals surface area contributed by atoms with Gasteiger partial charge in [0.2, 0.25) is 10.0 Å². The van der Waals surface area contributed by atoms with Gasteiger partial charge in [0.1, 0.15) is 0 Å². The molecule has 1 aliphatic rings. The third-order valence-corrected chi connectivity index (χ3v) is 6.08. The Balaban J connectivity index is 1.54. The summed E-state index contributed by atoms with van der Waals surface area (Å²) in [4.78, 5) is 14.5. The van der Waals surface area contributed by atoms with Crippen LogP contribution in [0.1, 0.15) is 15.9 Å². The molecule has 1 N–H and O–H groups in total. The van der Waals surface area contributed by atoms with Gasteiger partial charge in [-0.3, -0.25) is 9.69 Å². The van der Waals surface area contributed by atoms with Crippen LogP contribution in [0.25, 0.3) is 0 Å². The fourth-order valence-corrected chi connectivity index (χ4v) is 3.93. The number of rotatable bonds is 5. The van der Waals surface area contributed by atoms with Gasteiger partial charge in [0.05, 0.1) is 6.26 Å². The van der Waals surface area contributed by atoms with Crippen LogP contribution in [0.2, 0.25) is 5.02 Å². The van der Waals surface area contributed by atoms with Gasteiger partial charge in [0.15, 0.2) is 0 Å². The minimum absolute atomic E-state index is 0.175. The van der Waals surface area contributed by atoms with Crippen molar-refractivity contribution < 1.29 is 13.2 Å². The Labute approximate surface area is 164 Å². The first kappa shape index (κ1) is 19.8. The van der Waals surface area contributed by atoms with Crippen LogP contribution in [-0.2, 0) is 16.6 Å². The van der Waals surface area contributed by atoms with Crippen molar-refractivity contribution in [3.63, 3.8) is 0 Å². The molecule has 1 amide bonds. The number of benzene rings is 2. The molecule has 27 heavy (non-hydrogen) atoms. The van der Waals surface area contributed by atoms with Crippen molar-refractivity contribution in [2.45, 2.75) is 6.54 Å². The van der Waals surface area contributed by atoms with Crippen molar-refractivity contribution in [1.82, 2.24) is 9.21 Å². The predicted octanol–water partition coefficient (Wildman–Crippen LogP) is 2.67. The normalized spacial score (nSPS) is 16.2. The number of halogens is 1. The van der Waals surface area contributed by atoms with Gasteiger partial charge >= 0.3 is 0 Å². The summed E-state index contributed by atoms with van der Waals surface area (Å²) in [5.41, 5.74) is 2.36. The molecule has 0 aromatic heterocycles. The Hall–Kier alpha value is -1.93. The highest BCUT2D eigenvalue weighted by atomic mass is 35.5. The van der Waals surface area contributed by atoms with E-state index in [1.165, 1.54) is 10.6 Å². The number of piperazine rings is 1. The highest BCUT2D eigenvalue weighted by Gasteiger charge is 2.23. The minimum Gasteiger partial charge on any atom is -0.322 e. The lowest BCUT2D eigenvalue weighted by Crippen LogP contribution is -2.47. The first-order valence-corrected chi connectivity index (χ1v) is 10.9. The number of hydrogen-bond acceptors (Lipinski definition) is 4. The van der Waals surface area contributed by atoms with Crippen LogP contribution in [0.5, 0.6) is 0 Å². The van der Waals surface area contributed by atoms with E-state index in [9.17, 15) is 13.2 Å². The summed E-state index contributed by atoms with van der Waals surface area (Å²) < 4.78 is 24.6. The average molecular weight is 408 g/mol. The molecule has 2 aromatic carbocycles. The Morgan fingerprint density at radius 1 is 1.00 bits per heavy atom. The molecule has 0 unspecified atom stereocenters. The Morgan fingerprint density at radius 3 is 2.15 bits per heavy atom. The molecule has 6 nitrogen and oxygen atoms in total. The zero-order valence-electron chi connectivity index (χ0n) is 15.1. The second-order valence-electron chi connectivity index (χ2n) is 6.60.